The summed E-state index contributed by atoms with van der Waals surface area (Å²) in [5.74, 6) is -0.663. The summed E-state index contributed by atoms with van der Waals surface area (Å²) in [4.78, 5) is 22.8. The van der Waals surface area contributed by atoms with Gasteiger partial charge in [-0.3, -0.25) is 0 Å². The molecule has 0 spiro atoms. The first-order valence-electron chi connectivity index (χ1n) is 5.02. The van der Waals surface area contributed by atoms with Crippen LogP contribution in [0, 0.1) is 6.92 Å². The molecule has 1 aromatic heterocycles. The smallest absolute Gasteiger partial charge is 0.405 e. The maximum atomic E-state index is 11.9. The maximum Gasteiger partial charge on any atom is 0.405 e. The van der Waals surface area contributed by atoms with Gasteiger partial charge in [0.2, 0.25) is 0 Å². The number of aryl methyl sites for hydroxylation is 1. The van der Waals surface area contributed by atoms with E-state index in [9.17, 15) is 22.8 Å². The van der Waals surface area contributed by atoms with Crippen molar-refractivity contribution in [3.05, 3.63) is 15.8 Å². The minimum atomic E-state index is -4.49. The molecule has 0 fully saturated rings. The maximum absolute atomic E-state index is 11.9. The van der Waals surface area contributed by atoms with E-state index in [4.69, 9.17) is 0 Å². The van der Waals surface area contributed by atoms with Crippen LogP contribution in [0.1, 0.15) is 15.2 Å². The molecule has 9 heteroatoms. The first kappa shape index (κ1) is 15.3. The van der Waals surface area contributed by atoms with Gasteiger partial charge in [-0.25, -0.2) is 9.59 Å². The number of ether oxygens (including phenoxy) is 1. The zero-order valence-electron chi connectivity index (χ0n) is 10.1. The first-order chi connectivity index (χ1) is 8.74. The van der Waals surface area contributed by atoms with Crippen LogP contribution in [-0.4, -0.2) is 31.8 Å². The van der Waals surface area contributed by atoms with Crippen molar-refractivity contribution in [3.63, 3.8) is 0 Å². The van der Waals surface area contributed by atoms with Gasteiger partial charge >= 0.3 is 18.2 Å². The number of anilines is 1. The van der Waals surface area contributed by atoms with Crippen molar-refractivity contribution >= 4 is 29.0 Å². The summed E-state index contributed by atoms with van der Waals surface area (Å²) in [6.07, 6.45) is -4.49. The molecule has 0 radical (unpaired) electrons. The van der Waals surface area contributed by atoms with Crippen LogP contribution in [0.2, 0.25) is 0 Å². The van der Waals surface area contributed by atoms with Crippen molar-refractivity contribution in [2.24, 2.45) is 0 Å². The molecule has 1 aromatic rings. The summed E-state index contributed by atoms with van der Waals surface area (Å²) < 4.78 is 40.3. The van der Waals surface area contributed by atoms with Crippen molar-refractivity contribution in [2.75, 3.05) is 19.0 Å². The second-order valence-corrected chi connectivity index (χ2v) is 4.42. The summed E-state index contributed by atoms with van der Waals surface area (Å²) in [5.41, 5.74) is 0.712. The van der Waals surface area contributed by atoms with Crippen LogP contribution in [0.3, 0.4) is 0 Å². The van der Waals surface area contributed by atoms with Crippen LogP contribution < -0.4 is 10.6 Å². The number of amides is 2. The normalized spacial score (nSPS) is 11.0. The Morgan fingerprint density at radius 3 is 2.58 bits per heavy atom. The highest BCUT2D eigenvalue weighted by Gasteiger charge is 2.28. The second kappa shape index (κ2) is 5.91. The molecular formula is C10H11F3N2O3S. The summed E-state index contributed by atoms with van der Waals surface area (Å²) in [5, 5.41) is 5.44. The monoisotopic (exact) mass is 296 g/mol. The van der Waals surface area contributed by atoms with Gasteiger partial charge in [-0.1, -0.05) is 0 Å². The van der Waals surface area contributed by atoms with Gasteiger partial charge in [0, 0.05) is 0 Å². The fourth-order valence-electron chi connectivity index (χ4n) is 1.18. The topological polar surface area (TPSA) is 67.4 Å². The third kappa shape index (κ3) is 4.43. The summed E-state index contributed by atoms with van der Waals surface area (Å²) in [7, 11) is 1.17. The molecule has 1 rings (SSSR count). The Morgan fingerprint density at radius 1 is 1.42 bits per heavy atom. The summed E-state index contributed by atoms with van der Waals surface area (Å²) in [6, 6.07) is -1.04. The molecule has 0 aromatic carbocycles. The standard InChI is InChI=1S/C10H11F3N2O3S/c1-5-3-19-7(8(16)18-2)6(5)15-9(17)14-4-10(11,12)13/h3H,4H2,1-2H3,(H2,14,15,17). The minimum Gasteiger partial charge on any atom is -0.465 e. The summed E-state index contributed by atoms with van der Waals surface area (Å²) in [6.45, 7) is 0.165. The average Bonchev–Trinajstić information content (AvgIpc) is 2.67. The number of halogens is 3. The largest absolute Gasteiger partial charge is 0.465 e. The number of hydrogen-bond donors (Lipinski definition) is 2. The van der Waals surface area contributed by atoms with Gasteiger partial charge in [0.25, 0.3) is 0 Å². The Bertz CT molecular complexity index is 485. The number of alkyl halides is 3. The fourth-order valence-corrected chi connectivity index (χ4v) is 2.10. The van der Waals surface area contributed by atoms with Gasteiger partial charge in [0.15, 0.2) is 0 Å². The molecule has 1 heterocycles. The lowest BCUT2D eigenvalue weighted by Gasteiger charge is -2.10. The molecule has 0 atom stereocenters. The number of methoxy groups -OCH3 is 1. The second-order valence-electron chi connectivity index (χ2n) is 3.54. The van der Waals surface area contributed by atoms with E-state index in [2.05, 4.69) is 10.1 Å². The molecule has 0 aliphatic heterocycles. The molecule has 19 heavy (non-hydrogen) atoms. The van der Waals surface area contributed by atoms with Crippen molar-refractivity contribution in [1.82, 2.24) is 5.32 Å². The molecule has 0 unspecified atom stereocenters. The number of thiophene rings is 1. The van der Waals surface area contributed by atoms with Gasteiger partial charge in [-0.05, 0) is 17.9 Å². The highest BCUT2D eigenvalue weighted by Crippen LogP contribution is 2.28. The number of rotatable bonds is 3. The van der Waals surface area contributed by atoms with Crippen molar-refractivity contribution in [1.29, 1.82) is 0 Å². The molecule has 0 aliphatic carbocycles. The molecule has 0 aliphatic rings. The third-order valence-electron chi connectivity index (χ3n) is 2.03. The molecule has 5 nitrogen and oxygen atoms in total. The van der Waals surface area contributed by atoms with Crippen LogP contribution in [0.5, 0.6) is 0 Å². The molecule has 106 valence electrons. The zero-order valence-corrected chi connectivity index (χ0v) is 10.9. The van der Waals surface area contributed by atoms with Gasteiger partial charge in [0.05, 0.1) is 12.8 Å². The van der Waals surface area contributed by atoms with Crippen molar-refractivity contribution < 1.29 is 27.5 Å². The van der Waals surface area contributed by atoms with E-state index in [1.165, 1.54) is 7.11 Å². The van der Waals surface area contributed by atoms with Gasteiger partial charge < -0.3 is 15.4 Å². The molecule has 2 amide bonds. The number of hydrogen-bond acceptors (Lipinski definition) is 4. The average molecular weight is 296 g/mol. The van der Waals surface area contributed by atoms with Crippen molar-refractivity contribution in [3.8, 4) is 0 Å². The van der Waals surface area contributed by atoms with E-state index in [1.807, 2.05) is 0 Å². The van der Waals surface area contributed by atoms with Crippen LogP contribution in [0.15, 0.2) is 5.38 Å². The fraction of sp³-hybridized carbons (Fsp3) is 0.400. The van der Waals surface area contributed by atoms with Crippen molar-refractivity contribution in [2.45, 2.75) is 13.1 Å². The van der Waals surface area contributed by atoms with Crippen LogP contribution >= 0.6 is 11.3 Å². The Balaban J connectivity index is 2.74. The first-order valence-corrected chi connectivity index (χ1v) is 5.90. The van der Waals surface area contributed by atoms with E-state index in [0.29, 0.717) is 5.56 Å². The number of carbonyl (C=O) groups excluding carboxylic acids is 2. The van der Waals surface area contributed by atoms with Gasteiger partial charge in [-0.15, -0.1) is 11.3 Å². The Labute approximate surface area is 110 Å². The highest BCUT2D eigenvalue weighted by atomic mass is 32.1. The van der Waals surface area contributed by atoms with E-state index in [0.717, 1.165) is 11.3 Å². The SMILES string of the molecule is COC(=O)c1scc(C)c1NC(=O)NCC(F)(F)F. The number of nitrogens with one attached hydrogen (secondary N) is 2. The number of carbonyl (C=O) groups is 2. The molecule has 0 saturated carbocycles. The number of urea groups is 1. The van der Waals surface area contributed by atoms with Gasteiger partial charge in [-0.2, -0.15) is 13.2 Å². The van der Waals surface area contributed by atoms with Crippen LogP contribution in [0.4, 0.5) is 23.7 Å². The van der Waals surface area contributed by atoms with E-state index < -0.39 is 24.7 Å². The predicted octanol–water partition coefficient (Wildman–Crippen LogP) is 2.53. The van der Waals surface area contributed by atoms with E-state index >= 15 is 0 Å². The molecular weight excluding hydrogens is 285 g/mol. The zero-order chi connectivity index (χ0) is 14.6. The van der Waals surface area contributed by atoms with E-state index in [-0.39, 0.29) is 10.6 Å². The summed E-state index contributed by atoms with van der Waals surface area (Å²) >= 11 is 1.04. The lowest BCUT2D eigenvalue weighted by atomic mass is 10.2. The van der Waals surface area contributed by atoms with E-state index in [1.54, 1.807) is 17.6 Å². The molecule has 0 bridgehead atoms. The predicted molar refractivity (Wildman–Crippen MR) is 63.5 cm³/mol. The Kier molecular flexibility index (Phi) is 4.76. The van der Waals surface area contributed by atoms with Crippen LogP contribution in [0.25, 0.3) is 0 Å². The lowest BCUT2D eigenvalue weighted by molar-refractivity contribution is -0.122. The lowest BCUT2D eigenvalue weighted by Crippen LogP contribution is -2.36. The number of esters is 1. The Hall–Kier alpha value is -1.77. The van der Waals surface area contributed by atoms with Gasteiger partial charge in [0.1, 0.15) is 11.4 Å². The molecule has 2 N–H and O–H groups in total. The quantitative estimate of drug-likeness (QED) is 0.842. The Morgan fingerprint density at radius 2 is 2.05 bits per heavy atom. The highest BCUT2D eigenvalue weighted by molar-refractivity contribution is 7.12. The van der Waals surface area contributed by atoms with Crippen LogP contribution in [-0.2, 0) is 4.74 Å². The minimum absolute atomic E-state index is 0.127. The molecule has 0 saturated heterocycles. The third-order valence-corrected chi connectivity index (χ3v) is 3.11.